The Bertz CT molecular complexity index is 910. The Morgan fingerprint density at radius 1 is 1.23 bits per heavy atom. The van der Waals surface area contributed by atoms with Gasteiger partial charge in [0.25, 0.3) is 5.89 Å². The summed E-state index contributed by atoms with van der Waals surface area (Å²) in [4.78, 5) is 21.8. The molecule has 3 heterocycles. The topological polar surface area (TPSA) is 81.4 Å². The van der Waals surface area contributed by atoms with Crippen molar-refractivity contribution in [3.63, 3.8) is 0 Å². The largest absolute Gasteiger partial charge is 0.488 e. The molecule has 132 valence electrons. The average molecular weight is 350 g/mol. The molecule has 1 aromatic carbocycles. The van der Waals surface area contributed by atoms with E-state index >= 15 is 0 Å². The number of carbonyl (C=O) groups is 1. The first-order valence-corrected chi connectivity index (χ1v) is 8.46. The third-order valence-corrected chi connectivity index (χ3v) is 4.37. The van der Waals surface area contributed by atoms with Crippen LogP contribution in [0, 0.1) is 0 Å². The van der Waals surface area contributed by atoms with E-state index in [4.69, 9.17) is 9.26 Å². The number of hydrogen-bond donors (Lipinski definition) is 0. The van der Waals surface area contributed by atoms with E-state index in [-0.39, 0.29) is 12.0 Å². The molecule has 7 heteroatoms. The molecule has 3 aromatic rings. The smallest absolute Gasteiger partial charge is 0.262 e. The quantitative estimate of drug-likeness (QED) is 0.720. The van der Waals surface area contributed by atoms with E-state index < -0.39 is 0 Å². The minimum Gasteiger partial charge on any atom is -0.488 e. The number of aromatic nitrogens is 3. The summed E-state index contributed by atoms with van der Waals surface area (Å²) >= 11 is 0. The highest BCUT2D eigenvalue weighted by atomic mass is 16.5. The van der Waals surface area contributed by atoms with Crippen LogP contribution in [0.2, 0.25) is 0 Å². The average Bonchev–Trinajstić information content (AvgIpc) is 3.33. The Balaban J connectivity index is 1.57. The van der Waals surface area contributed by atoms with Gasteiger partial charge in [0, 0.05) is 37.8 Å². The number of ether oxygens (including phenoxy) is 1. The van der Waals surface area contributed by atoms with Crippen LogP contribution in [0.25, 0.3) is 22.8 Å². The van der Waals surface area contributed by atoms with Crippen LogP contribution in [-0.2, 0) is 4.79 Å². The maximum absolute atomic E-state index is 11.5. The molecule has 0 saturated carbocycles. The molecule has 4 rings (SSSR count). The van der Waals surface area contributed by atoms with Gasteiger partial charge >= 0.3 is 0 Å². The summed E-state index contributed by atoms with van der Waals surface area (Å²) in [7, 11) is 0. The third-order valence-electron chi connectivity index (χ3n) is 4.37. The van der Waals surface area contributed by atoms with E-state index in [1.165, 1.54) is 0 Å². The van der Waals surface area contributed by atoms with E-state index in [0.29, 0.717) is 24.0 Å². The van der Waals surface area contributed by atoms with Crippen LogP contribution in [0.15, 0.2) is 53.3 Å². The van der Waals surface area contributed by atoms with Gasteiger partial charge in [0.2, 0.25) is 11.7 Å². The van der Waals surface area contributed by atoms with Crippen LogP contribution in [0.5, 0.6) is 5.75 Å². The lowest BCUT2D eigenvalue weighted by Crippen LogP contribution is -2.28. The van der Waals surface area contributed by atoms with Gasteiger partial charge in [-0.15, -0.1) is 0 Å². The molecule has 2 aromatic heterocycles. The van der Waals surface area contributed by atoms with Crippen molar-refractivity contribution in [2.45, 2.75) is 19.4 Å². The summed E-state index contributed by atoms with van der Waals surface area (Å²) in [6.45, 7) is 2.89. The van der Waals surface area contributed by atoms with Gasteiger partial charge in [-0.2, -0.15) is 4.98 Å². The van der Waals surface area contributed by atoms with Gasteiger partial charge in [0.1, 0.15) is 11.9 Å². The fourth-order valence-corrected chi connectivity index (χ4v) is 2.99. The number of para-hydroxylation sites is 1. The first-order chi connectivity index (χ1) is 12.7. The summed E-state index contributed by atoms with van der Waals surface area (Å²) in [6, 6.07) is 11.2. The molecular formula is C19H18N4O3. The molecule has 1 aliphatic heterocycles. The molecule has 1 unspecified atom stereocenters. The second kappa shape index (κ2) is 6.95. The van der Waals surface area contributed by atoms with Crippen molar-refractivity contribution >= 4 is 5.91 Å². The van der Waals surface area contributed by atoms with Crippen molar-refractivity contribution < 1.29 is 14.1 Å². The van der Waals surface area contributed by atoms with E-state index in [1.54, 1.807) is 24.2 Å². The van der Waals surface area contributed by atoms with Gasteiger partial charge in [-0.3, -0.25) is 9.78 Å². The molecular weight excluding hydrogens is 332 g/mol. The Kier molecular flexibility index (Phi) is 4.35. The van der Waals surface area contributed by atoms with Crippen molar-refractivity contribution in [2.75, 3.05) is 13.1 Å². The van der Waals surface area contributed by atoms with Crippen LogP contribution in [0.3, 0.4) is 0 Å². The number of carbonyl (C=O) groups excluding carboxylic acids is 1. The van der Waals surface area contributed by atoms with Crippen LogP contribution in [-0.4, -0.2) is 45.1 Å². The fourth-order valence-electron chi connectivity index (χ4n) is 2.99. The van der Waals surface area contributed by atoms with Crippen molar-refractivity contribution in [3.8, 4) is 28.6 Å². The number of benzene rings is 1. The van der Waals surface area contributed by atoms with Gasteiger partial charge in [-0.1, -0.05) is 17.3 Å². The van der Waals surface area contributed by atoms with Crippen LogP contribution in [0.1, 0.15) is 13.3 Å². The van der Waals surface area contributed by atoms with E-state index in [9.17, 15) is 4.79 Å². The lowest BCUT2D eigenvalue weighted by atomic mass is 10.2. The van der Waals surface area contributed by atoms with E-state index in [1.807, 2.05) is 36.4 Å². The molecule has 1 atom stereocenters. The van der Waals surface area contributed by atoms with Gasteiger partial charge in [0.05, 0.1) is 12.1 Å². The van der Waals surface area contributed by atoms with Crippen LogP contribution in [0.4, 0.5) is 0 Å². The zero-order valence-corrected chi connectivity index (χ0v) is 14.3. The van der Waals surface area contributed by atoms with Gasteiger partial charge in [-0.25, -0.2) is 0 Å². The van der Waals surface area contributed by atoms with Crippen LogP contribution < -0.4 is 4.74 Å². The monoisotopic (exact) mass is 350 g/mol. The lowest BCUT2D eigenvalue weighted by molar-refractivity contribution is -0.128. The minimum absolute atomic E-state index is 0.0392. The molecule has 1 fully saturated rings. The molecule has 1 saturated heterocycles. The second-order valence-electron chi connectivity index (χ2n) is 6.15. The zero-order valence-electron chi connectivity index (χ0n) is 14.3. The maximum atomic E-state index is 11.5. The Labute approximate surface area is 150 Å². The Morgan fingerprint density at radius 3 is 2.81 bits per heavy atom. The van der Waals surface area contributed by atoms with Crippen molar-refractivity contribution in [1.29, 1.82) is 0 Å². The number of amides is 1. The Hall–Kier alpha value is -3.22. The SMILES string of the molecule is CC(=O)N1CCC(Oc2ccccc2-c2nc(-c3ccncc3)no2)C1. The summed E-state index contributed by atoms with van der Waals surface area (Å²) in [5.74, 6) is 1.64. The van der Waals surface area contributed by atoms with Gasteiger partial charge in [-0.05, 0) is 24.3 Å². The predicted octanol–water partition coefficient (Wildman–Crippen LogP) is 2.80. The molecule has 0 bridgehead atoms. The second-order valence-corrected chi connectivity index (χ2v) is 6.15. The normalized spacial score (nSPS) is 16.7. The number of rotatable bonds is 4. The number of nitrogens with zero attached hydrogens (tertiary/aromatic N) is 4. The van der Waals surface area contributed by atoms with E-state index in [2.05, 4.69) is 15.1 Å². The minimum atomic E-state index is -0.0392. The van der Waals surface area contributed by atoms with Crippen molar-refractivity contribution in [1.82, 2.24) is 20.0 Å². The summed E-state index contributed by atoms with van der Waals surface area (Å²) < 4.78 is 11.6. The maximum Gasteiger partial charge on any atom is 0.262 e. The highest BCUT2D eigenvalue weighted by molar-refractivity contribution is 5.73. The summed E-state index contributed by atoms with van der Waals surface area (Å²) in [5, 5.41) is 4.05. The molecule has 1 aliphatic rings. The number of likely N-dealkylation sites (tertiary alicyclic amines) is 1. The standard InChI is InChI=1S/C19H18N4O3/c1-13(24)23-11-8-15(12-23)25-17-5-3-2-4-16(17)19-21-18(22-26-19)14-6-9-20-10-7-14/h2-7,9-10,15H,8,11-12H2,1H3. The van der Waals surface area contributed by atoms with Gasteiger partial charge < -0.3 is 14.2 Å². The highest BCUT2D eigenvalue weighted by Gasteiger charge is 2.26. The van der Waals surface area contributed by atoms with Gasteiger partial charge in [0.15, 0.2) is 0 Å². The first kappa shape index (κ1) is 16.3. The first-order valence-electron chi connectivity index (χ1n) is 8.46. The fraction of sp³-hybridized carbons (Fsp3) is 0.263. The molecule has 0 radical (unpaired) electrons. The molecule has 0 aliphatic carbocycles. The molecule has 0 spiro atoms. The van der Waals surface area contributed by atoms with Crippen LogP contribution >= 0.6 is 0 Å². The Morgan fingerprint density at radius 2 is 2.04 bits per heavy atom. The zero-order chi connectivity index (χ0) is 17.9. The molecule has 1 amide bonds. The van der Waals surface area contributed by atoms with Crippen molar-refractivity contribution in [3.05, 3.63) is 48.8 Å². The predicted molar refractivity (Wildman–Crippen MR) is 94.3 cm³/mol. The number of pyridine rings is 1. The summed E-state index contributed by atoms with van der Waals surface area (Å²) in [5.41, 5.74) is 1.57. The molecule has 7 nitrogen and oxygen atoms in total. The van der Waals surface area contributed by atoms with Crippen molar-refractivity contribution in [2.24, 2.45) is 0 Å². The third kappa shape index (κ3) is 3.28. The molecule has 26 heavy (non-hydrogen) atoms. The summed E-state index contributed by atoms with van der Waals surface area (Å²) in [6.07, 6.45) is 4.13. The lowest BCUT2D eigenvalue weighted by Gasteiger charge is -2.16. The molecule has 0 N–H and O–H groups in total. The van der Waals surface area contributed by atoms with E-state index in [0.717, 1.165) is 24.1 Å². The highest BCUT2D eigenvalue weighted by Crippen LogP contribution is 2.31. The number of hydrogen-bond acceptors (Lipinski definition) is 6.